The largest absolute Gasteiger partial charge is 1.00 e. The summed E-state index contributed by atoms with van der Waals surface area (Å²) >= 11 is 0. The van der Waals surface area contributed by atoms with Crippen molar-refractivity contribution in [2.75, 3.05) is 47.3 Å². The van der Waals surface area contributed by atoms with Crippen LogP contribution in [0.4, 0.5) is 0 Å². The predicted octanol–water partition coefficient (Wildman–Crippen LogP) is 4.18. The number of quaternary nitrogens is 1. The van der Waals surface area contributed by atoms with Crippen LogP contribution >= 0.6 is 0 Å². The second kappa shape index (κ2) is 21.3. The Morgan fingerprint density at radius 2 is 1.06 bits per heavy atom. The molecule has 8 rings (SSSR count). The second-order valence-corrected chi connectivity index (χ2v) is 27.5. The smallest absolute Gasteiger partial charge is 0.222 e. The van der Waals surface area contributed by atoms with Crippen molar-refractivity contribution in [3.63, 3.8) is 0 Å². The Morgan fingerprint density at radius 1 is 0.609 bits per heavy atom. The highest BCUT2D eigenvalue weighted by molar-refractivity contribution is 5.76. The summed E-state index contributed by atoms with van der Waals surface area (Å²) < 4.78 is 0.837. The Kier molecular flexibility index (Phi) is 17.2. The lowest BCUT2D eigenvalue weighted by molar-refractivity contribution is -0.870. The standard InChI is InChI=1S/C57H99N3O8.ClH/c1-34(40-14-16-42-52-44(32-48(65)56(40,42)5)54(3)22-20-38(61)28-36(54)30-46(52)63)12-18-50(67)58-24-10-25-59(26-11-27-60(7,8)9)51(68)19-13-35(2)41-15-17-43-53-45(33-49(66)57(41,43)6)55(4)23-21-39(62)29-37(55)31-47(53)64;/h34-49,52-53,61-66H,10-33H2,1-9H3;1H/t34?,35?,36-,37-,38+,39+,40-,41-,42+,43+,44+,45+,46+,47+,48-,49-,52+,53+,54+,55+,56-,57-;/m1./s1. The molecule has 8 fully saturated rings. The van der Waals surface area contributed by atoms with Gasteiger partial charge < -0.3 is 57.7 Å². The van der Waals surface area contributed by atoms with E-state index in [4.69, 9.17) is 0 Å². The third-order valence-corrected chi connectivity index (χ3v) is 23.2. The third-order valence-electron chi connectivity index (χ3n) is 23.2. The van der Waals surface area contributed by atoms with Crippen LogP contribution in [-0.4, -0.2) is 136 Å². The maximum absolute atomic E-state index is 14.1. The highest BCUT2D eigenvalue weighted by atomic mass is 35.5. The third kappa shape index (κ3) is 10.4. The monoisotopic (exact) mass is 990 g/mol. The minimum absolute atomic E-state index is 0. The first-order chi connectivity index (χ1) is 31.9. The molecule has 2 amide bonds. The normalized spacial score (nSPS) is 46.7. The molecule has 0 aliphatic heterocycles. The number of fused-ring (bicyclic) bond motifs is 10. The zero-order valence-corrected chi connectivity index (χ0v) is 45.4. The average Bonchev–Trinajstić information content (AvgIpc) is 3.82. The molecule has 69 heavy (non-hydrogen) atoms. The molecule has 7 N–H and O–H groups in total. The Hall–Kier alpha value is -1.05. The molecule has 0 saturated heterocycles. The van der Waals surface area contributed by atoms with Crippen LogP contribution in [0.15, 0.2) is 0 Å². The van der Waals surface area contributed by atoms with Crippen LogP contribution < -0.4 is 17.7 Å². The van der Waals surface area contributed by atoms with Crippen molar-refractivity contribution in [1.29, 1.82) is 0 Å². The maximum atomic E-state index is 14.1. The van der Waals surface area contributed by atoms with Crippen molar-refractivity contribution in [2.24, 2.45) is 92.7 Å². The summed E-state index contributed by atoms with van der Waals surface area (Å²) in [7, 11) is 6.55. The van der Waals surface area contributed by atoms with E-state index in [0.717, 1.165) is 120 Å². The van der Waals surface area contributed by atoms with E-state index in [9.17, 15) is 40.2 Å². The number of amides is 2. The summed E-state index contributed by atoms with van der Waals surface area (Å²) in [5.41, 5.74) is -0.467. The molecule has 8 saturated carbocycles. The number of rotatable bonds is 16. The first kappa shape index (κ1) is 55.7. The number of carbonyl (C=O) groups excluding carboxylic acids is 2. The highest BCUT2D eigenvalue weighted by Crippen LogP contribution is 2.70. The number of hydrogen-bond donors (Lipinski definition) is 7. The number of nitrogens with one attached hydrogen (secondary N) is 1. The molecule has 12 heteroatoms. The van der Waals surface area contributed by atoms with Gasteiger partial charge in [0.05, 0.1) is 64.3 Å². The molecule has 0 aromatic rings. The van der Waals surface area contributed by atoms with Gasteiger partial charge in [-0.15, -0.1) is 0 Å². The molecule has 8 aliphatic carbocycles. The molecule has 0 radical (unpaired) electrons. The Bertz CT molecular complexity index is 1770. The molecule has 11 nitrogen and oxygen atoms in total. The van der Waals surface area contributed by atoms with E-state index in [1.807, 2.05) is 4.90 Å². The van der Waals surface area contributed by atoms with Crippen LogP contribution in [0, 0.1) is 92.7 Å². The van der Waals surface area contributed by atoms with Gasteiger partial charge in [0.1, 0.15) is 0 Å². The van der Waals surface area contributed by atoms with Gasteiger partial charge in [0.15, 0.2) is 0 Å². The number of aliphatic hydroxyl groups excluding tert-OH is 6. The van der Waals surface area contributed by atoms with Gasteiger partial charge in [-0.3, -0.25) is 9.59 Å². The van der Waals surface area contributed by atoms with E-state index in [1.54, 1.807) is 0 Å². The van der Waals surface area contributed by atoms with E-state index >= 15 is 0 Å². The highest BCUT2D eigenvalue weighted by Gasteiger charge is 2.67. The molecule has 0 aromatic carbocycles. The van der Waals surface area contributed by atoms with Gasteiger partial charge in [-0.1, -0.05) is 41.5 Å². The lowest BCUT2D eigenvalue weighted by atomic mass is 9.43. The van der Waals surface area contributed by atoms with Crippen molar-refractivity contribution in [3.8, 4) is 0 Å². The Morgan fingerprint density at radius 3 is 1.52 bits per heavy atom. The predicted molar refractivity (Wildman–Crippen MR) is 267 cm³/mol. The number of aliphatic hydroxyl groups is 6. The van der Waals surface area contributed by atoms with Crippen LogP contribution in [0.5, 0.6) is 0 Å². The maximum Gasteiger partial charge on any atom is 0.222 e. The van der Waals surface area contributed by atoms with E-state index in [1.165, 1.54) is 0 Å². The minimum atomic E-state index is -0.437. The number of hydrogen-bond acceptors (Lipinski definition) is 8. The van der Waals surface area contributed by atoms with Gasteiger partial charge in [-0.2, -0.15) is 0 Å². The van der Waals surface area contributed by atoms with Gasteiger partial charge in [0.25, 0.3) is 0 Å². The molecule has 2 unspecified atom stereocenters. The topological polar surface area (TPSA) is 171 Å². The fraction of sp³-hybridized carbons (Fsp3) is 0.965. The summed E-state index contributed by atoms with van der Waals surface area (Å²) in [6.45, 7) is 16.7. The lowest BCUT2D eigenvalue weighted by Crippen LogP contribution is -3.00. The number of nitrogens with zero attached hydrogens (tertiary/aromatic N) is 2. The van der Waals surface area contributed by atoms with Crippen LogP contribution in [0.2, 0.25) is 0 Å². The summed E-state index contributed by atoms with van der Waals surface area (Å²) in [4.78, 5) is 29.5. The first-order valence-corrected chi connectivity index (χ1v) is 28.4. The molecular weight excluding hydrogens is 890 g/mol. The molecule has 398 valence electrons. The fourth-order valence-electron chi connectivity index (χ4n) is 19.2. The average molecular weight is 991 g/mol. The van der Waals surface area contributed by atoms with Crippen molar-refractivity contribution in [1.82, 2.24) is 10.2 Å². The van der Waals surface area contributed by atoms with Crippen molar-refractivity contribution in [2.45, 2.75) is 207 Å². The minimum Gasteiger partial charge on any atom is -1.00 e. The lowest BCUT2D eigenvalue weighted by Gasteiger charge is -2.63. The van der Waals surface area contributed by atoms with Crippen molar-refractivity contribution >= 4 is 11.8 Å². The van der Waals surface area contributed by atoms with Crippen molar-refractivity contribution in [3.05, 3.63) is 0 Å². The van der Waals surface area contributed by atoms with Gasteiger partial charge in [-0.05, 0) is 202 Å². The van der Waals surface area contributed by atoms with Crippen LogP contribution in [0.1, 0.15) is 170 Å². The van der Waals surface area contributed by atoms with Gasteiger partial charge in [-0.25, -0.2) is 0 Å². The first-order valence-electron chi connectivity index (χ1n) is 28.4. The molecule has 0 spiro atoms. The van der Waals surface area contributed by atoms with Crippen LogP contribution in [-0.2, 0) is 9.59 Å². The van der Waals surface area contributed by atoms with Gasteiger partial charge in [0, 0.05) is 38.9 Å². The van der Waals surface area contributed by atoms with Crippen molar-refractivity contribution < 1.29 is 57.1 Å². The summed E-state index contributed by atoms with van der Waals surface area (Å²) in [6, 6.07) is 0. The van der Waals surface area contributed by atoms with Crippen LogP contribution in [0.3, 0.4) is 0 Å². The Labute approximate surface area is 424 Å². The molecule has 0 heterocycles. The van der Waals surface area contributed by atoms with E-state index in [0.29, 0.717) is 62.6 Å². The zero-order valence-electron chi connectivity index (χ0n) is 44.6. The SMILES string of the molecule is CC(CCC(=O)NCCCN(CCC[N+](C)(C)C)C(=O)CCC(C)[C@H]1CC[C@H]2[C@@H]3[C@@H](O)C[C@H]4C[C@@H](O)CC[C@]4(C)[C@H]3C[C@@H](O)[C@]12C)[C@H]1CC[C@H]2[C@@H]3[C@@H](O)C[C@H]4C[C@@H](O)CC[C@]4(C)[C@H]3C[C@@H](O)[C@]12C.[Cl-]. The van der Waals surface area contributed by atoms with Crippen LogP contribution in [0.25, 0.3) is 0 Å². The van der Waals surface area contributed by atoms with E-state index in [-0.39, 0.29) is 112 Å². The second-order valence-electron chi connectivity index (χ2n) is 27.5. The number of carbonyl (C=O) groups is 2. The summed E-state index contributed by atoms with van der Waals surface area (Å²) in [5.74, 6) is 3.40. The molecular formula is C57H100ClN3O8. The fourth-order valence-corrected chi connectivity index (χ4v) is 19.2. The molecule has 0 bridgehead atoms. The molecule has 0 aromatic heterocycles. The molecule has 8 aliphatic rings. The summed E-state index contributed by atoms with van der Waals surface area (Å²) in [5, 5.41) is 71.8. The summed E-state index contributed by atoms with van der Waals surface area (Å²) in [6.07, 6.45) is 14.0. The van der Waals surface area contributed by atoms with Gasteiger partial charge >= 0.3 is 0 Å². The molecule has 22 atom stereocenters. The van der Waals surface area contributed by atoms with E-state index in [2.05, 4.69) is 68.0 Å². The quantitative estimate of drug-likeness (QED) is 0.0894. The zero-order chi connectivity index (χ0) is 49.3. The van der Waals surface area contributed by atoms with Gasteiger partial charge in [0.2, 0.25) is 11.8 Å². The van der Waals surface area contributed by atoms with E-state index < -0.39 is 18.3 Å². The number of halogens is 1. The Balaban J connectivity index is 0.00000703.